The van der Waals surface area contributed by atoms with Crippen molar-refractivity contribution in [3.8, 4) is 5.75 Å². The normalized spacial score (nSPS) is 11.2. The van der Waals surface area contributed by atoms with Crippen LogP contribution in [0.2, 0.25) is 0 Å². The Morgan fingerprint density at radius 1 is 1.44 bits per heavy atom. The highest BCUT2D eigenvalue weighted by Gasteiger charge is 2.22. The van der Waals surface area contributed by atoms with E-state index in [1.165, 1.54) is 13.2 Å². The lowest BCUT2D eigenvalue weighted by atomic mass is 10.3. The summed E-state index contributed by atoms with van der Waals surface area (Å²) in [7, 11) is -2.24. The lowest BCUT2D eigenvalue weighted by Crippen LogP contribution is -2.03. The third kappa shape index (κ3) is 2.61. The molecule has 0 heterocycles. The first-order valence-corrected chi connectivity index (χ1v) is 6.96. The van der Waals surface area contributed by atoms with Gasteiger partial charge in [-0.2, -0.15) is 0 Å². The van der Waals surface area contributed by atoms with Crippen LogP contribution in [0.1, 0.15) is 0 Å². The number of nitrogens with zero attached hydrogens (tertiary/aromatic N) is 1. The molecule has 0 amide bonds. The summed E-state index contributed by atoms with van der Waals surface area (Å²) in [4.78, 5) is 9.78. The molecule has 0 bridgehead atoms. The third-order valence-electron chi connectivity index (χ3n) is 1.81. The molecule has 0 spiro atoms. The number of benzene rings is 1. The average Bonchev–Trinajstić information content (AvgIpc) is 2.14. The number of sulfone groups is 1. The van der Waals surface area contributed by atoms with Gasteiger partial charge in [0.1, 0.15) is 4.90 Å². The fraction of sp³-hybridized carbons (Fsp3) is 0.250. The zero-order valence-corrected chi connectivity index (χ0v) is 11.4. The highest BCUT2D eigenvalue weighted by molar-refractivity contribution is 14.1. The van der Waals surface area contributed by atoms with Crippen molar-refractivity contribution in [3.63, 3.8) is 0 Å². The van der Waals surface area contributed by atoms with Crippen molar-refractivity contribution in [1.82, 2.24) is 0 Å². The van der Waals surface area contributed by atoms with Gasteiger partial charge < -0.3 is 4.74 Å². The predicted molar refractivity (Wildman–Crippen MR) is 65.5 cm³/mol. The van der Waals surface area contributed by atoms with E-state index in [1.54, 1.807) is 22.6 Å². The second kappa shape index (κ2) is 4.53. The molecule has 0 aliphatic carbocycles. The van der Waals surface area contributed by atoms with Gasteiger partial charge in [0.05, 0.1) is 15.6 Å². The minimum Gasteiger partial charge on any atom is -0.494 e. The Morgan fingerprint density at radius 3 is 2.38 bits per heavy atom. The van der Waals surface area contributed by atoms with Gasteiger partial charge in [0.2, 0.25) is 0 Å². The molecule has 0 atom stereocenters. The first kappa shape index (κ1) is 13.2. The van der Waals surface area contributed by atoms with Crippen LogP contribution in [0.4, 0.5) is 5.69 Å². The van der Waals surface area contributed by atoms with Crippen molar-refractivity contribution in [2.45, 2.75) is 4.90 Å². The van der Waals surface area contributed by atoms with E-state index in [2.05, 4.69) is 0 Å². The number of hydrogen-bond donors (Lipinski definition) is 0. The summed E-state index contributed by atoms with van der Waals surface area (Å²) < 4.78 is 28.2. The van der Waals surface area contributed by atoms with Crippen LogP contribution in [0.25, 0.3) is 0 Å². The van der Waals surface area contributed by atoms with E-state index in [-0.39, 0.29) is 16.3 Å². The Labute approximate surface area is 106 Å². The first-order valence-electron chi connectivity index (χ1n) is 3.99. The van der Waals surface area contributed by atoms with Crippen molar-refractivity contribution in [2.75, 3.05) is 13.4 Å². The molecule has 0 saturated carbocycles. The number of hydrogen-bond acceptors (Lipinski definition) is 5. The Morgan fingerprint density at radius 2 is 2.00 bits per heavy atom. The number of non-ortho nitro benzene ring substituents is 1. The molecule has 0 unspecified atom stereocenters. The number of methoxy groups -OCH3 is 1. The highest BCUT2D eigenvalue weighted by atomic mass is 127. The third-order valence-corrected chi connectivity index (χ3v) is 3.71. The summed E-state index contributed by atoms with van der Waals surface area (Å²) in [6.45, 7) is 0. The summed E-state index contributed by atoms with van der Waals surface area (Å²) >= 11 is 1.79. The summed E-state index contributed by atoms with van der Waals surface area (Å²) in [6, 6.07) is 2.25. The molecule has 0 N–H and O–H groups in total. The molecule has 0 fully saturated rings. The Hall–Kier alpha value is -0.900. The van der Waals surface area contributed by atoms with Crippen molar-refractivity contribution >= 4 is 38.1 Å². The molecular weight excluding hydrogens is 349 g/mol. The zero-order chi connectivity index (χ0) is 12.5. The van der Waals surface area contributed by atoms with Crippen LogP contribution in [0.5, 0.6) is 5.75 Å². The van der Waals surface area contributed by atoms with Gasteiger partial charge in [0.25, 0.3) is 5.69 Å². The van der Waals surface area contributed by atoms with Crippen molar-refractivity contribution in [2.24, 2.45) is 0 Å². The number of ether oxygens (including phenoxy) is 1. The molecule has 0 aliphatic rings. The molecule has 88 valence electrons. The molecule has 0 radical (unpaired) electrons. The maximum absolute atomic E-state index is 11.4. The second-order valence-electron chi connectivity index (χ2n) is 2.99. The molecule has 1 aromatic rings. The lowest BCUT2D eigenvalue weighted by molar-refractivity contribution is -0.385. The Balaban J connectivity index is 3.62. The number of nitro groups is 1. The van der Waals surface area contributed by atoms with Crippen molar-refractivity contribution < 1.29 is 18.1 Å². The molecule has 0 aromatic heterocycles. The maximum atomic E-state index is 11.4. The summed E-state index contributed by atoms with van der Waals surface area (Å²) in [5.74, 6) is 0.133. The first-order chi connectivity index (χ1) is 7.27. The number of halogens is 1. The number of rotatable bonds is 3. The summed E-state index contributed by atoms with van der Waals surface area (Å²) in [5.41, 5.74) is -0.273. The summed E-state index contributed by atoms with van der Waals surface area (Å²) in [5, 5.41) is 10.6. The predicted octanol–water partition coefficient (Wildman–Crippen LogP) is 1.61. The van der Waals surface area contributed by atoms with Crippen LogP contribution in [-0.2, 0) is 9.84 Å². The van der Waals surface area contributed by atoms with Gasteiger partial charge in [-0.05, 0) is 22.6 Å². The van der Waals surface area contributed by atoms with Gasteiger partial charge >= 0.3 is 0 Å². The van der Waals surface area contributed by atoms with E-state index >= 15 is 0 Å². The maximum Gasteiger partial charge on any atom is 0.272 e. The fourth-order valence-corrected chi connectivity index (χ4v) is 3.01. The van der Waals surface area contributed by atoms with E-state index in [0.29, 0.717) is 3.57 Å². The molecule has 8 heteroatoms. The van der Waals surface area contributed by atoms with Crippen molar-refractivity contribution in [1.29, 1.82) is 0 Å². The van der Waals surface area contributed by atoms with Crippen molar-refractivity contribution in [3.05, 3.63) is 25.8 Å². The van der Waals surface area contributed by atoms with E-state index in [1.807, 2.05) is 0 Å². The van der Waals surface area contributed by atoms with E-state index in [9.17, 15) is 18.5 Å². The smallest absolute Gasteiger partial charge is 0.272 e. The highest BCUT2D eigenvalue weighted by Crippen LogP contribution is 2.33. The SMILES string of the molecule is COc1c(I)cc([N+](=O)[O-])cc1S(C)(=O)=O. The largest absolute Gasteiger partial charge is 0.494 e. The van der Waals surface area contributed by atoms with Gasteiger partial charge in [-0.15, -0.1) is 0 Å². The molecule has 1 rings (SSSR count). The van der Waals surface area contributed by atoms with E-state index in [0.717, 1.165) is 12.3 Å². The van der Waals surface area contributed by atoms with Gasteiger partial charge in [-0.1, -0.05) is 0 Å². The molecule has 0 aliphatic heterocycles. The lowest BCUT2D eigenvalue weighted by Gasteiger charge is -2.08. The molecule has 1 aromatic carbocycles. The Kier molecular flexibility index (Phi) is 3.73. The number of nitro benzene ring substituents is 1. The van der Waals surface area contributed by atoms with Crippen LogP contribution in [0.15, 0.2) is 17.0 Å². The van der Waals surface area contributed by atoms with Gasteiger partial charge in [0, 0.05) is 18.4 Å². The molecule has 6 nitrogen and oxygen atoms in total. The van der Waals surface area contributed by atoms with Crippen LogP contribution < -0.4 is 4.74 Å². The molecule has 0 saturated heterocycles. The average molecular weight is 357 g/mol. The van der Waals surface area contributed by atoms with Gasteiger partial charge in [-0.25, -0.2) is 8.42 Å². The second-order valence-corrected chi connectivity index (χ2v) is 6.13. The zero-order valence-electron chi connectivity index (χ0n) is 8.43. The topological polar surface area (TPSA) is 86.5 Å². The quantitative estimate of drug-likeness (QED) is 0.466. The summed E-state index contributed by atoms with van der Waals surface area (Å²) in [6.07, 6.45) is 0.977. The van der Waals surface area contributed by atoms with Gasteiger partial charge in [-0.3, -0.25) is 10.1 Å². The van der Waals surface area contributed by atoms with Crippen LogP contribution in [0.3, 0.4) is 0 Å². The van der Waals surface area contributed by atoms with E-state index < -0.39 is 14.8 Å². The minimum absolute atomic E-state index is 0.133. The van der Waals surface area contributed by atoms with Crippen LogP contribution in [0, 0.1) is 13.7 Å². The minimum atomic E-state index is -3.56. The molecular formula is C8H8INO5S. The molecule has 16 heavy (non-hydrogen) atoms. The fourth-order valence-electron chi connectivity index (χ4n) is 1.13. The van der Waals surface area contributed by atoms with E-state index in [4.69, 9.17) is 4.74 Å². The monoisotopic (exact) mass is 357 g/mol. The van der Waals surface area contributed by atoms with Crippen LogP contribution in [-0.4, -0.2) is 26.7 Å². The van der Waals surface area contributed by atoms with Gasteiger partial charge in [0.15, 0.2) is 15.6 Å². The Bertz CT molecular complexity index is 540. The standard InChI is InChI=1S/C8H8INO5S/c1-15-8-6(9)3-5(10(11)12)4-7(8)16(2,13)14/h3-4H,1-2H3. The van der Waals surface area contributed by atoms with Crippen LogP contribution >= 0.6 is 22.6 Å².